The van der Waals surface area contributed by atoms with Crippen LogP contribution >= 0.6 is 0 Å². The number of rotatable bonds is 2. The molecule has 88 valence electrons. The molecule has 1 aromatic carbocycles. The van der Waals surface area contributed by atoms with Crippen LogP contribution in [0.25, 0.3) is 0 Å². The smallest absolute Gasteiger partial charge is 0.142 e. The third-order valence-corrected chi connectivity index (χ3v) is 4.04. The van der Waals surface area contributed by atoms with Crippen LogP contribution in [0.1, 0.15) is 36.8 Å². The van der Waals surface area contributed by atoms with Gasteiger partial charge in [0.25, 0.3) is 0 Å². The number of hydrogen-bond donors (Lipinski definition) is 2. The third kappa shape index (κ3) is 1.39. The summed E-state index contributed by atoms with van der Waals surface area (Å²) in [6.07, 6.45) is 0. The van der Waals surface area contributed by atoms with Gasteiger partial charge in [0, 0.05) is 5.92 Å². The summed E-state index contributed by atoms with van der Waals surface area (Å²) >= 11 is 0. The monoisotopic (exact) mass is 220 g/mol. The van der Waals surface area contributed by atoms with Crippen LogP contribution in [0.5, 0.6) is 5.75 Å². The Balaban J connectivity index is 2.58. The lowest BCUT2D eigenvalue weighted by Crippen LogP contribution is -2.17. The van der Waals surface area contributed by atoms with E-state index >= 15 is 0 Å². The number of hydrogen-bond acceptors (Lipinski definition) is 3. The minimum Gasteiger partial charge on any atom is -0.495 e. The predicted molar refractivity (Wildman–Crippen MR) is 66.8 cm³/mol. The minimum absolute atomic E-state index is 0.361. The van der Waals surface area contributed by atoms with Crippen molar-refractivity contribution < 1.29 is 4.74 Å². The zero-order chi connectivity index (χ0) is 11.9. The Morgan fingerprint density at radius 3 is 2.56 bits per heavy atom. The number of anilines is 1. The van der Waals surface area contributed by atoms with E-state index in [2.05, 4.69) is 19.9 Å². The van der Waals surface area contributed by atoms with Gasteiger partial charge in [-0.25, -0.2) is 0 Å². The van der Waals surface area contributed by atoms with Gasteiger partial charge in [-0.1, -0.05) is 19.9 Å². The molecule has 0 bridgehead atoms. The summed E-state index contributed by atoms with van der Waals surface area (Å²) in [5, 5.41) is 0. The number of ether oxygens (including phenoxy) is 1. The fraction of sp³-hybridized carbons (Fsp3) is 0.538. The Hall–Kier alpha value is -1.22. The van der Waals surface area contributed by atoms with Crippen molar-refractivity contribution >= 4 is 5.69 Å². The van der Waals surface area contributed by atoms with Crippen LogP contribution in [0.4, 0.5) is 5.69 Å². The fourth-order valence-corrected chi connectivity index (χ4v) is 2.85. The minimum atomic E-state index is 0.361. The molecular formula is C13H20N2O. The molecule has 0 amide bonds. The topological polar surface area (TPSA) is 61.3 Å². The standard InChI is InChI=1S/C13H20N2O/c1-7-8(2)10(6-14)12-9(7)4-5-11(16-3)13(12)15/h4-5,7-8,10H,6,14-15H2,1-3H3. The first-order chi connectivity index (χ1) is 7.61. The van der Waals surface area contributed by atoms with E-state index in [0.717, 1.165) is 11.4 Å². The molecule has 0 radical (unpaired) electrons. The molecule has 3 unspecified atom stereocenters. The molecule has 1 aromatic rings. The predicted octanol–water partition coefficient (Wildman–Crippen LogP) is 2.07. The van der Waals surface area contributed by atoms with Gasteiger partial charge in [0.1, 0.15) is 5.75 Å². The highest BCUT2D eigenvalue weighted by Crippen LogP contribution is 2.49. The second-order valence-corrected chi connectivity index (χ2v) is 4.67. The quantitative estimate of drug-likeness (QED) is 0.750. The number of methoxy groups -OCH3 is 1. The Kier molecular flexibility index (Phi) is 2.80. The van der Waals surface area contributed by atoms with Crippen LogP contribution in [0, 0.1) is 5.92 Å². The number of fused-ring (bicyclic) bond motifs is 1. The molecule has 3 heteroatoms. The van der Waals surface area contributed by atoms with Gasteiger partial charge in [-0.3, -0.25) is 0 Å². The van der Waals surface area contributed by atoms with E-state index in [-0.39, 0.29) is 0 Å². The average Bonchev–Trinajstić information content (AvgIpc) is 2.54. The lowest BCUT2D eigenvalue weighted by atomic mass is 9.90. The van der Waals surface area contributed by atoms with E-state index in [1.165, 1.54) is 11.1 Å². The summed E-state index contributed by atoms with van der Waals surface area (Å²) in [7, 11) is 1.65. The van der Waals surface area contributed by atoms with Gasteiger partial charge < -0.3 is 16.2 Å². The first kappa shape index (κ1) is 11.3. The normalized spacial score (nSPS) is 27.9. The maximum atomic E-state index is 6.16. The van der Waals surface area contributed by atoms with Crippen LogP contribution in [0.3, 0.4) is 0 Å². The SMILES string of the molecule is COc1ccc2c(c1N)C(CN)C(C)C2C. The van der Waals surface area contributed by atoms with E-state index in [0.29, 0.717) is 24.3 Å². The second-order valence-electron chi connectivity index (χ2n) is 4.67. The summed E-state index contributed by atoms with van der Waals surface area (Å²) in [4.78, 5) is 0. The van der Waals surface area contributed by atoms with Gasteiger partial charge in [-0.15, -0.1) is 0 Å². The summed E-state index contributed by atoms with van der Waals surface area (Å²) in [5.74, 6) is 2.20. The molecule has 0 aromatic heterocycles. The lowest BCUT2D eigenvalue weighted by Gasteiger charge is -2.17. The van der Waals surface area contributed by atoms with Gasteiger partial charge in [-0.2, -0.15) is 0 Å². The van der Waals surface area contributed by atoms with Crippen LogP contribution < -0.4 is 16.2 Å². The fourth-order valence-electron chi connectivity index (χ4n) is 2.85. The first-order valence-corrected chi connectivity index (χ1v) is 5.78. The highest BCUT2D eigenvalue weighted by atomic mass is 16.5. The zero-order valence-electron chi connectivity index (χ0n) is 10.2. The second kappa shape index (κ2) is 3.98. The molecule has 3 atom stereocenters. The van der Waals surface area contributed by atoms with Crippen LogP contribution in [0.2, 0.25) is 0 Å². The van der Waals surface area contributed by atoms with Crippen molar-refractivity contribution in [3.8, 4) is 5.75 Å². The van der Waals surface area contributed by atoms with Crippen LogP contribution in [-0.4, -0.2) is 13.7 Å². The van der Waals surface area contributed by atoms with Crippen molar-refractivity contribution in [2.24, 2.45) is 11.7 Å². The van der Waals surface area contributed by atoms with Crippen molar-refractivity contribution in [2.45, 2.75) is 25.7 Å². The summed E-state index contributed by atoms with van der Waals surface area (Å²) in [5.41, 5.74) is 15.3. The molecule has 0 aliphatic heterocycles. The van der Waals surface area contributed by atoms with E-state index < -0.39 is 0 Å². The highest BCUT2D eigenvalue weighted by molar-refractivity contribution is 5.65. The number of nitrogen functional groups attached to an aromatic ring is 1. The van der Waals surface area contributed by atoms with E-state index in [9.17, 15) is 0 Å². The molecule has 0 fully saturated rings. The van der Waals surface area contributed by atoms with Crippen molar-refractivity contribution in [2.75, 3.05) is 19.4 Å². The molecule has 1 aliphatic rings. The Labute approximate surface area is 96.8 Å². The van der Waals surface area contributed by atoms with Crippen LogP contribution in [-0.2, 0) is 0 Å². The first-order valence-electron chi connectivity index (χ1n) is 5.78. The van der Waals surface area contributed by atoms with E-state index in [1.54, 1.807) is 7.11 Å². The summed E-state index contributed by atoms with van der Waals surface area (Å²) in [6.45, 7) is 5.13. The maximum Gasteiger partial charge on any atom is 0.142 e. The van der Waals surface area contributed by atoms with Gasteiger partial charge in [0.2, 0.25) is 0 Å². The molecule has 3 nitrogen and oxygen atoms in total. The lowest BCUT2D eigenvalue weighted by molar-refractivity contribution is 0.415. The van der Waals surface area contributed by atoms with E-state index in [1.807, 2.05) is 6.07 Å². The van der Waals surface area contributed by atoms with Gasteiger partial charge in [-0.05, 0) is 35.6 Å². The van der Waals surface area contributed by atoms with Crippen molar-refractivity contribution in [1.82, 2.24) is 0 Å². The maximum absolute atomic E-state index is 6.16. The molecule has 16 heavy (non-hydrogen) atoms. The third-order valence-electron chi connectivity index (χ3n) is 4.04. The van der Waals surface area contributed by atoms with E-state index in [4.69, 9.17) is 16.2 Å². The Morgan fingerprint density at radius 1 is 1.31 bits per heavy atom. The van der Waals surface area contributed by atoms with Crippen molar-refractivity contribution in [3.63, 3.8) is 0 Å². The number of benzene rings is 1. The molecular weight excluding hydrogens is 200 g/mol. The highest BCUT2D eigenvalue weighted by Gasteiger charge is 2.36. The Bertz CT molecular complexity index is 403. The van der Waals surface area contributed by atoms with Crippen LogP contribution in [0.15, 0.2) is 12.1 Å². The van der Waals surface area contributed by atoms with Gasteiger partial charge >= 0.3 is 0 Å². The van der Waals surface area contributed by atoms with Gasteiger partial charge in [0.05, 0.1) is 12.8 Å². The number of nitrogens with two attached hydrogens (primary N) is 2. The van der Waals surface area contributed by atoms with Crippen molar-refractivity contribution in [1.29, 1.82) is 0 Å². The van der Waals surface area contributed by atoms with Crippen molar-refractivity contribution in [3.05, 3.63) is 23.3 Å². The molecule has 0 saturated heterocycles. The molecule has 0 heterocycles. The summed E-state index contributed by atoms with van der Waals surface area (Å²) < 4.78 is 5.27. The van der Waals surface area contributed by atoms with Gasteiger partial charge in [0.15, 0.2) is 0 Å². The molecule has 1 aliphatic carbocycles. The molecule has 0 spiro atoms. The largest absolute Gasteiger partial charge is 0.495 e. The zero-order valence-corrected chi connectivity index (χ0v) is 10.2. The molecule has 2 rings (SSSR count). The molecule has 4 N–H and O–H groups in total. The summed E-state index contributed by atoms with van der Waals surface area (Å²) in [6, 6.07) is 4.08. The average molecular weight is 220 g/mol. The molecule has 0 saturated carbocycles. The Morgan fingerprint density at radius 2 is 2.00 bits per heavy atom.